The van der Waals surface area contributed by atoms with Crippen molar-refractivity contribution in [3.8, 4) is 5.75 Å². The average Bonchev–Trinajstić information content (AvgIpc) is 2.60. The van der Waals surface area contributed by atoms with E-state index in [9.17, 15) is 13.2 Å². The van der Waals surface area contributed by atoms with Crippen LogP contribution in [0, 0.1) is 0 Å². The van der Waals surface area contributed by atoms with E-state index in [1.54, 1.807) is 31.4 Å². The van der Waals surface area contributed by atoms with Gasteiger partial charge < -0.3 is 10.1 Å². The van der Waals surface area contributed by atoms with Gasteiger partial charge in [-0.05, 0) is 42.0 Å². The van der Waals surface area contributed by atoms with Gasteiger partial charge >= 0.3 is 0 Å². The molecule has 25 heavy (non-hydrogen) atoms. The molecule has 0 saturated carbocycles. The van der Waals surface area contributed by atoms with E-state index < -0.39 is 10.0 Å². The molecule has 0 atom stereocenters. The van der Waals surface area contributed by atoms with Gasteiger partial charge in [0.2, 0.25) is 15.9 Å². The molecule has 134 valence electrons. The molecule has 0 aliphatic heterocycles. The Balaban J connectivity index is 1.93. The third-order valence-electron chi connectivity index (χ3n) is 3.54. The summed E-state index contributed by atoms with van der Waals surface area (Å²) in [6.07, 6.45) is 0. The van der Waals surface area contributed by atoms with Crippen LogP contribution in [0.3, 0.4) is 0 Å². The van der Waals surface area contributed by atoms with Crippen molar-refractivity contribution in [3.63, 3.8) is 0 Å². The van der Waals surface area contributed by atoms with Crippen molar-refractivity contribution >= 4 is 31.9 Å². The topological polar surface area (TPSA) is 75.7 Å². The van der Waals surface area contributed by atoms with Gasteiger partial charge in [0.15, 0.2) is 0 Å². The number of benzene rings is 2. The lowest BCUT2D eigenvalue weighted by Gasteiger charge is -2.17. The molecule has 2 aromatic carbocycles. The van der Waals surface area contributed by atoms with E-state index in [0.717, 1.165) is 20.1 Å². The first-order chi connectivity index (χ1) is 11.8. The lowest BCUT2D eigenvalue weighted by atomic mass is 10.2. The van der Waals surface area contributed by atoms with Crippen LogP contribution in [-0.2, 0) is 21.4 Å². The van der Waals surface area contributed by atoms with E-state index in [-0.39, 0.29) is 17.3 Å². The zero-order chi connectivity index (χ0) is 18.4. The van der Waals surface area contributed by atoms with Gasteiger partial charge in [-0.3, -0.25) is 4.79 Å². The molecule has 1 N–H and O–H groups in total. The van der Waals surface area contributed by atoms with Crippen molar-refractivity contribution in [2.75, 3.05) is 20.7 Å². The molecule has 0 fully saturated rings. The number of nitrogens with one attached hydrogen (secondary N) is 1. The van der Waals surface area contributed by atoms with Crippen LogP contribution in [0.2, 0.25) is 0 Å². The predicted octanol–water partition coefficient (Wildman–Crippen LogP) is 2.39. The number of carbonyl (C=O) groups is 1. The SMILES string of the molecule is COc1ccc(CNC(=O)CN(C)S(=O)(=O)c2ccc(Br)cc2)cc1. The lowest BCUT2D eigenvalue weighted by molar-refractivity contribution is -0.121. The van der Waals surface area contributed by atoms with Gasteiger partial charge in [0, 0.05) is 18.1 Å². The molecule has 8 heteroatoms. The first kappa shape index (κ1) is 19.4. The molecule has 0 radical (unpaired) electrons. The number of amides is 1. The summed E-state index contributed by atoms with van der Waals surface area (Å²) in [5.41, 5.74) is 0.896. The Morgan fingerprint density at radius 3 is 2.28 bits per heavy atom. The molecule has 2 rings (SSSR count). The monoisotopic (exact) mass is 426 g/mol. The van der Waals surface area contributed by atoms with E-state index >= 15 is 0 Å². The Hall–Kier alpha value is -1.90. The first-order valence-electron chi connectivity index (χ1n) is 7.44. The fraction of sp³-hybridized carbons (Fsp3) is 0.235. The molecule has 0 saturated heterocycles. The number of hydrogen-bond acceptors (Lipinski definition) is 4. The molecule has 0 bridgehead atoms. The maximum absolute atomic E-state index is 12.4. The van der Waals surface area contributed by atoms with Crippen LogP contribution >= 0.6 is 15.9 Å². The van der Waals surface area contributed by atoms with Crippen molar-refractivity contribution in [3.05, 3.63) is 58.6 Å². The number of sulfonamides is 1. The van der Waals surface area contributed by atoms with Crippen molar-refractivity contribution in [2.24, 2.45) is 0 Å². The van der Waals surface area contributed by atoms with E-state index in [1.165, 1.54) is 19.2 Å². The molecule has 0 aliphatic carbocycles. The van der Waals surface area contributed by atoms with Gasteiger partial charge in [0.1, 0.15) is 5.75 Å². The quantitative estimate of drug-likeness (QED) is 0.737. The van der Waals surface area contributed by atoms with Crippen LogP contribution in [-0.4, -0.2) is 39.3 Å². The summed E-state index contributed by atoms with van der Waals surface area (Å²) in [7, 11) is -0.746. The Bertz CT molecular complexity index is 821. The zero-order valence-electron chi connectivity index (χ0n) is 13.9. The summed E-state index contributed by atoms with van der Waals surface area (Å²) in [4.78, 5) is 12.2. The van der Waals surface area contributed by atoms with Gasteiger partial charge in [0.05, 0.1) is 18.6 Å². The summed E-state index contributed by atoms with van der Waals surface area (Å²) in [6, 6.07) is 13.5. The highest BCUT2D eigenvalue weighted by atomic mass is 79.9. The van der Waals surface area contributed by atoms with Gasteiger partial charge in [-0.2, -0.15) is 4.31 Å². The average molecular weight is 427 g/mol. The highest BCUT2D eigenvalue weighted by Gasteiger charge is 2.22. The number of hydrogen-bond donors (Lipinski definition) is 1. The fourth-order valence-electron chi connectivity index (χ4n) is 2.07. The molecule has 1 amide bonds. The van der Waals surface area contributed by atoms with Crippen molar-refractivity contribution in [2.45, 2.75) is 11.4 Å². The molecule has 6 nitrogen and oxygen atoms in total. The van der Waals surface area contributed by atoms with Crippen molar-refractivity contribution < 1.29 is 17.9 Å². The Morgan fingerprint density at radius 2 is 1.72 bits per heavy atom. The highest BCUT2D eigenvalue weighted by Crippen LogP contribution is 2.17. The number of halogens is 1. The normalized spacial score (nSPS) is 11.4. The predicted molar refractivity (Wildman–Crippen MR) is 98.8 cm³/mol. The number of methoxy groups -OCH3 is 1. The van der Waals surface area contributed by atoms with Gasteiger partial charge in [0.25, 0.3) is 0 Å². The minimum atomic E-state index is -3.71. The number of nitrogens with zero attached hydrogens (tertiary/aromatic N) is 1. The summed E-state index contributed by atoms with van der Waals surface area (Å²) < 4.78 is 31.8. The fourth-order valence-corrected chi connectivity index (χ4v) is 3.47. The number of likely N-dealkylation sites (N-methyl/N-ethyl adjacent to an activating group) is 1. The summed E-state index contributed by atoms with van der Waals surface area (Å²) >= 11 is 3.26. The first-order valence-corrected chi connectivity index (χ1v) is 9.68. The molecular formula is C17H19BrN2O4S. The molecule has 0 heterocycles. The maximum atomic E-state index is 12.4. The van der Waals surface area contributed by atoms with Crippen LogP contribution in [0.15, 0.2) is 57.9 Å². The molecule has 0 aliphatic rings. The summed E-state index contributed by atoms with van der Waals surface area (Å²) in [5, 5.41) is 2.71. The summed E-state index contributed by atoms with van der Waals surface area (Å²) in [5.74, 6) is 0.356. The van der Waals surface area contributed by atoms with Crippen molar-refractivity contribution in [1.82, 2.24) is 9.62 Å². The molecule has 0 unspecified atom stereocenters. The van der Waals surface area contributed by atoms with E-state index in [2.05, 4.69) is 21.2 Å². The number of rotatable bonds is 7. The number of ether oxygens (including phenoxy) is 1. The van der Waals surface area contributed by atoms with Crippen LogP contribution in [0.25, 0.3) is 0 Å². The second-order valence-electron chi connectivity index (χ2n) is 5.34. The van der Waals surface area contributed by atoms with Crippen LogP contribution in [0.5, 0.6) is 5.75 Å². The lowest BCUT2D eigenvalue weighted by Crippen LogP contribution is -2.38. The molecule has 0 aromatic heterocycles. The summed E-state index contributed by atoms with van der Waals surface area (Å²) in [6.45, 7) is 0.0591. The Kier molecular flexibility index (Phi) is 6.57. The smallest absolute Gasteiger partial charge is 0.243 e. The minimum Gasteiger partial charge on any atom is -0.497 e. The molecule has 0 spiro atoms. The second-order valence-corrected chi connectivity index (χ2v) is 8.30. The minimum absolute atomic E-state index is 0.140. The Morgan fingerprint density at radius 1 is 1.12 bits per heavy atom. The van der Waals surface area contributed by atoms with Crippen molar-refractivity contribution in [1.29, 1.82) is 0 Å². The van der Waals surface area contributed by atoms with E-state index in [4.69, 9.17) is 4.74 Å². The largest absolute Gasteiger partial charge is 0.497 e. The standard InChI is InChI=1S/C17H19BrN2O4S/c1-20(25(22,23)16-9-5-14(18)6-10-16)12-17(21)19-11-13-3-7-15(24-2)8-4-13/h3-10H,11-12H2,1-2H3,(H,19,21). The zero-order valence-corrected chi connectivity index (χ0v) is 16.3. The van der Waals surface area contributed by atoms with Gasteiger partial charge in [-0.1, -0.05) is 28.1 Å². The Labute approximate surface area is 156 Å². The molecule has 2 aromatic rings. The second kappa shape index (κ2) is 8.46. The third-order valence-corrected chi connectivity index (χ3v) is 5.88. The van der Waals surface area contributed by atoms with Gasteiger partial charge in [-0.25, -0.2) is 8.42 Å². The van der Waals surface area contributed by atoms with Gasteiger partial charge in [-0.15, -0.1) is 0 Å². The maximum Gasteiger partial charge on any atom is 0.243 e. The van der Waals surface area contributed by atoms with Crippen LogP contribution in [0.1, 0.15) is 5.56 Å². The van der Waals surface area contributed by atoms with E-state index in [1.807, 2.05) is 12.1 Å². The number of carbonyl (C=O) groups excluding carboxylic acids is 1. The van der Waals surface area contributed by atoms with E-state index in [0.29, 0.717) is 6.54 Å². The van der Waals surface area contributed by atoms with Crippen LogP contribution < -0.4 is 10.1 Å². The third kappa shape index (κ3) is 5.29. The van der Waals surface area contributed by atoms with Crippen LogP contribution in [0.4, 0.5) is 0 Å². The highest BCUT2D eigenvalue weighted by molar-refractivity contribution is 9.10. The molecular weight excluding hydrogens is 408 g/mol.